The van der Waals surface area contributed by atoms with Crippen molar-refractivity contribution in [3.8, 4) is 0 Å². The topological polar surface area (TPSA) is 279 Å². The molecule has 198 valence electrons. The number of H-pyrrole nitrogens is 1. The normalized spacial score (nSPS) is 37.1. The van der Waals surface area contributed by atoms with Crippen molar-refractivity contribution in [1.82, 2.24) is 9.55 Å². The van der Waals surface area contributed by atoms with E-state index < -0.39 is 88.4 Å². The van der Waals surface area contributed by atoms with E-state index in [9.17, 15) is 53.7 Å². The number of aliphatic hydroxyl groups is 4. The van der Waals surface area contributed by atoms with Gasteiger partial charge in [0.15, 0.2) is 18.3 Å². The van der Waals surface area contributed by atoms with E-state index in [1.807, 2.05) is 4.98 Å². The lowest BCUT2D eigenvalue weighted by molar-refractivity contribution is -0.276. The van der Waals surface area contributed by atoms with Gasteiger partial charge in [0.05, 0.1) is 6.61 Å². The van der Waals surface area contributed by atoms with Gasteiger partial charge in [0.1, 0.15) is 36.6 Å². The molecule has 0 saturated carbocycles. The lowest BCUT2D eigenvalue weighted by Crippen LogP contribution is -2.54. The number of rotatable bonds is 8. The van der Waals surface area contributed by atoms with Gasteiger partial charge in [-0.25, -0.2) is 9.11 Å². The molecule has 1 aromatic heterocycles. The van der Waals surface area contributed by atoms with E-state index in [-0.39, 0.29) is 0 Å². The lowest BCUT2D eigenvalue weighted by atomic mass is 10.0. The van der Waals surface area contributed by atoms with Crippen LogP contribution in [-0.4, -0.2) is 85.3 Å². The van der Waals surface area contributed by atoms with Crippen LogP contribution in [0.15, 0.2) is 21.9 Å². The number of nitrogens with zero attached hydrogens (tertiary/aromatic N) is 1. The van der Waals surface area contributed by atoms with Crippen LogP contribution in [0.2, 0.25) is 0 Å². The van der Waals surface area contributed by atoms with Crippen molar-refractivity contribution < 1.29 is 67.0 Å². The third kappa shape index (κ3) is 6.39. The van der Waals surface area contributed by atoms with Crippen LogP contribution in [0.4, 0.5) is 0 Å². The average Bonchev–Trinajstić information content (AvgIpc) is 3.02. The Balaban J connectivity index is 1.61. The third-order valence-corrected chi connectivity index (χ3v) is 7.46. The molecule has 10 atom stereocenters. The number of phosphoric ester groups is 2. The van der Waals surface area contributed by atoms with E-state index >= 15 is 0 Å². The molecule has 2 fully saturated rings. The Morgan fingerprint density at radius 2 is 1.71 bits per heavy atom. The second-order valence-electron chi connectivity index (χ2n) is 7.43. The maximum Gasteiger partial charge on any atom is 0.330 e. The summed E-state index contributed by atoms with van der Waals surface area (Å²) in [5.74, 6) is -0.975. The van der Waals surface area contributed by atoms with Gasteiger partial charge in [0.2, 0.25) is 0 Å². The molecule has 2 saturated heterocycles. The van der Waals surface area contributed by atoms with Gasteiger partial charge in [0.25, 0.3) is 21.2 Å². The predicted molar refractivity (Wildman–Crippen MR) is 102 cm³/mol. The number of nitrogens with one attached hydrogen (secondary N) is 1. The number of hydrogen-bond acceptors (Lipinski definition) is 16. The first-order valence-electron chi connectivity index (χ1n) is 9.66. The summed E-state index contributed by atoms with van der Waals surface area (Å²) < 4.78 is 47.1. The Hall–Kier alpha value is -1.63. The molecule has 0 spiro atoms. The second kappa shape index (κ2) is 10.4. The van der Waals surface area contributed by atoms with Crippen LogP contribution >= 0.6 is 15.6 Å². The molecule has 3 heterocycles. The van der Waals surface area contributed by atoms with E-state index in [4.69, 9.17) is 9.47 Å². The van der Waals surface area contributed by atoms with Gasteiger partial charge in [0, 0.05) is 12.3 Å². The molecule has 18 nitrogen and oxygen atoms in total. The minimum absolute atomic E-state index is 0.706. The molecule has 2 aliphatic heterocycles. The second-order valence-corrected chi connectivity index (χ2v) is 10.3. The summed E-state index contributed by atoms with van der Waals surface area (Å²) in [6.07, 6.45) is -13.7. The fourth-order valence-corrected chi connectivity index (χ4v) is 5.26. The number of aromatic nitrogens is 2. The first-order chi connectivity index (χ1) is 16.1. The van der Waals surface area contributed by atoms with Crippen molar-refractivity contribution in [3.63, 3.8) is 0 Å². The average molecular weight is 546 g/mol. The molecule has 0 radical (unpaired) electrons. The quantitative estimate of drug-likeness (QED) is 0.191. The maximum absolute atomic E-state index is 12.0. The van der Waals surface area contributed by atoms with E-state index in [2.05, 4.69) is 13.4 Å². The van der Waals surface area contributed by atoms with Gasteiger partial charge in [-0.1, -0.05) is 0 Å². The van der Waals surface area contributed by atoms with Gasteiger partial charge in [-0.2, -0.15) is 0 Å². The molecule has 0 amide bonds. The van der Waals surface area contributed by atoms with Gasteiger partial charge in [-0.15, -0.1) is 0 Å². The first kappa shape index (κ1) is 27.9. The Kier molecular flexibility index (Phi) is 8.30. The molecule has 0 bridgehead atoms. The molecule has 2 aliphatic rings. The van der Waals surface area contributed by atoms with Crippen LogP contribution in [0.1, 0.15) is 13.2 Å². The molecule has 5 N–H and O–H groups in total. The molecule has 0 aliphatic carbocycles. The molecule has 2 unspecified atom stereocenters. The summed E-state index contributed by atoms with van der Waals surface area (Å²) in [6, 6.07) is 0.918. The fraction of sp³-hybridized carbons (Fsp3) is 0.667. The van der Waals surface area contributed by atoms with Crippen LogP contribution in [0.5, 0.6) is 0 Å². The number of carbonyl (C=O) groups excluding carboxylic acids is 1. The third-order valence-electron chi connectivity index (χ3n) is 4.93. The van der Waals surface area contributed by atoms with Crippen molar-refractivity contribution >= 4 is 21.4 Å². The van der Waals surface area contributed by atoms with Crippen LogP contribution < -0.4 is 21.0 Å². The lowest BCUT2D eigenvalue weighted by Gasteiger charge is -2.38. The van der Waals surface area contributed by atoms with Crippen molar-refractivity contribution in [3.05, 3.63) is 33.1 Å². The summed E-state index contributed by atoms with van der Waals surface area (Å²) in [4.78, 5) is 60.3. The number of ether oxygens (including phenoxy) is 2. The Labute approximate surface area is 194 Å². The minimum Gasteiger partial charge on any atom is -0.756 e. The molecule has 20 heteroatoms. The number of ketones is 1. The Morgan fingerprint density at radius 3 is 2.34 bits per heavy atom. The van der Waals surface area contributed by atoms with Gasteiger partial charge in [-0.05, 0) is 6.92 Å². The largest absolute Gasteiger partial charge is 0.756 e. The van der Waals surface area contributed by atoms with Gasteiger partial charge >= 0.3 is 5.69 Å². The maximum atomic E-state index is 12.0. The smallest absolute Gasteiger partial charge is 0.330 e. The van der Waals surface area contributed by atoms with Gasteiger partial charge in [-0.3, -0.25) is 32.8 Å². The molecular formula is C15H20N2O16P2-2. The summed E-state index contributed by atoms with van der Waals surface area (Å²) in [6.45, 7) is 0.0160. The SMILES string of the molecule is C[C@H]1O[C@H](OP(=O)([O-])OP(=O)([O-])OC[C@H]2O[C@@H](n3ccc(=O)[nH]c3=O)[C@H](O)[C@@H]2O)[C@H](O)[C@@H](O)C1=O. The zero-order valence-electron chi connectivity index (χ0n) is 17.5. The van der Waals surface area contributed by atoms with Crippen LogP contribution in [0, 0.1) is 0 Å². The summed E-state index contributed by atoms with van der Waals surface area (Å²) in [5.41, 5.74) is -1.76. The van der Waals surface area contributed by atoms with Crippen molar-refractivity contribution in [2.24, 2.45) is 0 Å². The van der Waals surface area contributed by atoms with Crippen molar-refractivity contribution in [2.45, 2.75) is 56.1 Å². The van der Waals surface area contributed by atoms with Crippen LogP contribution in [0.3, 0.4) is 0 Å². The van der Waals surface area contributed by atoms with Crippen molar-refractivity contribution in [2.75, 3.05) is 6.61 Å². The van der Waals surface area contributed by atoms with E-state index in [1.54, 1.807) is 0 Å². The number of aromatic amines is 1. The molecule has 0 aromatic carbocycles. The molecule has 3 rings (SSSR count). The minimum atomic E-state index is -5.84. The zero-order valence-corrected chi connectivity index (χ0v) is 19.3. The number of carbonyl (C=O) groups is 1. The van der Waals surface area contributed by atoms with Crippen molar-refractivity contribution in [1.29, 1.82) is 0 Å². The number of hydrogen-bond donors (Lipinski definition) is 5. The molecular weight excluding hydrogens is 526 g/mol. The van der Waals surface area contributed by atoms with Gasteiger partial charge < -0.3 is 44.2 Å². The van der Waals surface area contributed by atoms with E-state index in [0.717, 1.165) is 19.2 Å². The fourth-order valence-electron chi connectivity index (χ4n) is 3.18. The summed E-state index contributed by atoms with van der Waals surface area (Å²) in [5, 5.41) is 39.5. The summed E-state index contributed by atoms with van der Waals surface area (Å²) >= 11 is 0. The zero-order chi connectivity index (χ0) is 26.3. The highest BCUT2D eigenvalue weighted by Crippen LogP contribution is 2.56. The highest BCUT2D eigenvalue weighted by Gasteiger charge is 2.46. The molecule has 1 aromatic rings. The number of Topliss-reactive ketones (excluding diaryl/α,β-unsaturated/α-hetero) is 1. The summed E-state index contributed by atoms with van der Waals surface area (Å²) in [7, 11) is -11.6. The first-order valence-corrected chi connectivity index (χ1v) is 12.6. The number of aliphatic hydroxyl groups excluding tert-OH is 4. The van der Waals surface area contributed by atoms with E-state index in [0.29, 0.717) is 4.57 Å². The van der Waals surface area contributed by atoms with Crippen LogP contribution in [0.25, 0.3) is 0 Å². The highest BCUT2D eigenvalue weighted by molar-refractivity contribution is 7.59. The monoisotopic (exact) mass is 546 g/mol. The van der Waals surface area contributed by atoms with E-state index in [1.165, 1.54) is 0 Å². The molecule has 35 heavy (non-hydrogen) atoms. The standard InChI is InChI=1S/C15H22N2O16P2/c1-5-8(19)10(21)12(23)14(30-5)32-35(27,28)33-34(25,26)29-4-6-9(20)11(22)13(31-6)17-3-2-7(18)16-15(17)24/h2-3,5-6,9-14,20-23H,4H2,1H3,(H,25,26)(H,27,28)(H,16,18,24)/p-2/t5-,6-,9-,10+,11-,12-,13-,14-/m1/s1. The Morgan fingerprint density at radius 1 is 1.06 bits per heavy atom. The Bertz CT molecular complexity index is 1150. The van der Waals surface area contributed by atoms with Crippen LogP contribution in [-0.2, 0) is 36.8 Å². The predicted octanol–water partition coefficient (Wildman–Crippen LogP) is -4.82. The highest BCUT2D eigenvalue weighted by atomic mass is 31.3. The number of phosphoric acid groups is 2.